The minimum atomic E-state index is -0.553. The van der Waals surface area contributed by atoms with E-state index in [1.165, 1.54) is 7.11 Å². The van der Waals surface area contributed by atoms with Gasteiger partial charge in [-0.3, -0.25) is 0 Å². The fraction of sp³-hybridized carbons (Fsp3) is 0.562. The maximum Gasteiger partial charge on any atom is 0.494 e. The summed E-state index contributed by atoms with van der Waals surface area (Å²) in [5, 5.41) is 0. The normalized spacial score (nSPS) is 19.1. The highest BCUT2D eigenvalue weighted by Crippen LogP contribution is 2.37. The molecule has 1 aromatic carbocycles. The van der Waals surface area contributed by atoms with Gasteiger partial charge in [0.25, 0.3) is 0 Å². The van der Waals surface area contributed by atoms with E-state index in [1.54, 1.807) is 13.2 Å². The summed E-state index contributed by atoms with van der Waals surface area (Å²) in [7, 11) is 2.37. The molecule has 0 unspecified atom stereocenters. The van der Waals surface area contributed by atoms with E-state index in [1.807, 2.05) is 40.7 Å². The van der Waals surface area contributed by atoms with E-state index in [-0.39, 0.29) is 0 Å². The summed E-state index contributed by atoms with van der Waals surface area (Å²) >= 11 is 0. The second-order valence-corrected chi connectivity index (χ2v) is 6.48. The van der Waals surface area contributed by atoms with Crippen LogP contribution in [0.3, 0.4) is 0 Å². The van der Waals surface area contributed by atoms with Crippen molar-refractivity contribution in [2.45, 2.75) is 45.8 Å². The molecule has 1 aromatic rings. The summed E-state index contributed by atoms with van der Waals surface area (Å²) in [5.74, 6) is 0.196. The van der Waals surface area contributed by atoms with E-state index in [0.717, 1.165) is 11.0 Å². The number of methoxy groups -OCH3 is 2. The molecule has 1 aliphatic heterocycles. The number of ether oxygens (including phenoxy) is 2. The highest BCUT2D eigenvalue weighted by atomic mass is 16.7. The lowest BCUT2D eigenvalue weighted by molar-refractivity contribution is 0.00578. The number of rotatable bonds is 3. The van der Waals surface area contributed by atoms with Gasteiger partial charge in [-0.2, -0.15) is 0 Å². The molecule has 1 fully saturated rings. The summed E-state index contributed by atoms with van der Waals surface area (Å²) < 4.78 is 22.3. The minimum absolute atomic E-state index is 0.408. The van der Waals surface area contributed by atoms with Crippen molar-refractivity contribution in [2.75, 3.05) is 14.2 Å². The molecule has 1 saturated heterocycles. The first-order valence-corrected chi connectivity index (χ1v) is 7.25. The number of hydrogen-bond acceptors (Lipinski definition) is 5. The van der Waals surface area contributed by atoms with Crippen LogP contribution < -0.4 is 10.2 Å². The van der Waals surface area contributed by atoms with Crippen molar-refractivity contribution in [3.05, 3.63) is 23.3 Å². The summed E-state index contributed by atoms with van der Waals surface area (Å²) in [6.07, 6.45) is 0. The van der Waals surface area contributed by atoms with Crippen LogP contribution in [0.15, 0.2) is 12.1 Å². The molecule has 0 radical (unpaired) electrons. The average molecular weight is 306 g/mol. The van der Waals surface area contributed by atoms with Crippen molar-refractivity contribution in [3.63, 3.8) is 0 Å². The molecule has 5 nitrogen and oxygen atoms in total. The van der Waals surface area contributed by atoms with Gasteiger partial charge >= 0.3 is 13.1 Å². The second kappa shape index (κ2) is 5.59. The first-order valence-electron chi connectivity index (χ1n) is 7.25. The molecule has 0 spiro atoms. The summed E-state index contributed by atoms with van der Waals surface area (Å²) in [5.41, 5.74) is 1.03. The molecule has 22 heavy (non-hydrogen) atoms. The second-order valence-electron chi connectivity index (χ2n) is 6.48. The van der Waals surface area contributed by atoms with Gasteiger partial charge in [-0.15, -0.1) is 0 Å². The zero-order valence-corrected chi connectivity index (χ0v) is 14.3. The Morgan fingerprint density at radius 3 is 2.09 bits per heavy atom. The fourth-order valence-electron chi connectivity index (χ4n) is 2.36. The highest BCUT2D eigenvalue weighted by molar-refractivity contribution is 6.62. The molecule has 0 N–H and O–H groups in total. The monoisotopic (exact) mass is 306 g/mol. The molecule has 0 aromatic heterocycles. The maximum atomic E-state index is 12.0. The number of hydrogen-bond donors (Lipinski definition) is 0. The van der Waals surface area contributed by atoms with Gasteiger partial charge in [-0.25, -0.2) is 4.79 Å². The molecular formula is C16H23BO5. The summed E-state index contributed by atoms with van der Waals surface area (Å²) in [6, 6.07) is 3.58. The van der Waals surface area contributed by atoms with Gasteiger partial charge in [-0.1, -0.05) is 0 Å². The third-order valence-corrected chi connectivity index (χ3v) is 4.53. The van der Waals surface area contributed by atoms with Crippen LogP contribution in [0.1, 0.15) is 43.6 Å². The molecule has 0 saturated carbocycles. The Morgan fingerprint density at radius 2 is 1.64 bits per heavy atom. The lowest BCUT2D eigenvalue weighted by atomic mass is 9.77. The SMILES string of the molecule is COC(=O)c1cc(B2OC(C)(C)C(C)(C)O2)cc(OC)c1C. The van der Waals surface area contributed by atoms with Gasteiger partial charge in [0, 0.05) is 5.56 Å². The van der Waals surface area contributed by atoms with E-state index in [9.17, 15) is 4.79 Å². The van der Waals surface area contributed by atoms with Crippen LogP contribution in [0.4, 0.5) is 0 Å². The molecule has 0 atom stereocenters. The molecule has 0 amide bonds. The smallest absolute Gasteiger partial charge is 0.494 e. The van der Waals surface area contributed by atoms with E-state index in [2.05, 4.69) is 0 Å². The molecular weight excluding hydrogens is 283 g/mol. The van der Waals surface area contributed by atoms with Crippen LogP contribution in [0.25, 0.3) is 0 Å². The Labute approximate surface area is 132 Å². The van der Waals surface area contributed by atoms with Gasteiger partial charge in [-0.05, 0) is 52.2 Å². The quantitative estimate of drug-likeness (QED) is 0.632. The fourth-order valence-corrected chi connectivity index (χ4v) is 2.36. The number of esters is 1. The van der Waals surface area contributed by atoms with E-state index >= 15 is 0 Å². The van der Waals surface area contributed by atoms with Crippen LogP contribution in [0.5, 0.6) is 5.75 Å². The number of benzene rings is 1. The Bertz CT molecular complexity index is 578. The van der Waals surface area contributed by atoms with Crippen LogP contribution in [0.2, 0.25) is 0 Å². The standard InChI is InChI=1S/C16H23BO5/c1-10-12(14(18)20-7)8-11(9-13(10)19-6)17-21-15(2,3)16(4,5)22-17/h8-9H,1-7H3. The largest absolute Gasteiger partial charge is 0.496 e. The van der Waals surface area contributed by atoms with Crippen molar-refractivity contribution in [1.29, 1.82) is 0 Å². The lowest BCUT2D eigenvalue weighted by Gasteiger charge is -2.32. The first-order chi connectivity index (χ1) is 10.1. The van der Waals surface area contributed by atoms with Crippen LogP contribution in [-0.2, 0) is 14.0 Å². The average Bonchev–Trinajstić information content (AvgIpc) is 2.67. The van der Waals surface area contributed by atoms with Gasteiger partial charge < -0.3 is 18.8 Å². The molecule has 0 aliphatic carbocycles. The zero-order chi connectivity index (χ0) is 16.7. The molecule has 1 heterocycles. The van der Waals surface area contributed by atoms with Crippen molar-refractivity contribution < 1.29 is 23.6 Å². The van der Waals surface area contributed by atoms with Gasteiger partial charge in [0.05, 0.1) is 31.0 Å². The summed E-state index contributed by atoms with van der Waals surface area (Å²) in [6.45, 7) is 9.76. The Balaban J connectivity index is 2.47. The number of carbonyl (C=O) groups excluding carboxylic acids is 1. The zero-order valence-electron chi connectivity index (χ0n) is 14.3. The van der Waals surface area contributed by atoms with Gasteiger partial charge in [0.2, 0.25) is 0 Å². The van der Waals surface area contributed by atoms with Crippen molar-refractivity contribution in [1.82, 2.24) is 0 Å². The van der Waals surface area contributed by atoms with E-state index < -0.39 is 24.3 Å². The van der Waals surface area contributed by atoms with Crippen LogP contribution in [0, 0.1) is 6.92 Å². The Kier molecular flexibility index (Phi) is 4.28. The first kappa shape index (κ1) is 16.8. The molecule has 1 aliphatic rings. The van der Waals surface area contributed by atoms with E-state index in [4.69, 9.17) is 18.8 Å². The Hall–Kier alpha value is -1.53. The highest BCUT2D eigenvalue weighted by Gasteiger charge is 2.52. The van der Waals surface area contributed by atoms with Crippen LogP contribution in [-0.4, -0.2) is 38.5 Å². The predicted octanol–water partition coefficient (Wildman–Crippen LogP) is 2.09. The third kappa shape index (κ3) is 2.73. The van der Waals surface area contributed by atoms with Crippen molar-refractivity contribution in [3.8, 4) is 5.75 Å². The third-order valence-electron chi connectivity index (χ3n) is 4.53. The molecule has 2 rings (SSSR count). The van der Waals surface area contributed by atoms with Gasteiger partial charge in [0.1, 0.15) is 5.75 Å². The van der Waals surface area contributed by atoms with Crippen LogP contribution >= 0.6 is 0 Å². The topological polar surface area (TPSA) is 54.0 Å². The minimum Gasteiger partial charge on any atom is -0.496 e. The molecule has 0 bridgehead atoms. The number of carbonyl (C=O) groups is 1. The maximum absolute atomic E-state index is 12.0. The lowest BCUT2D eigenvalue weighted by Crippen LogP contribution is -2.41. The van der Waals surface area contributed by atoms with E-state index in [0.29, 0.717) is 11.3 Å². The molecule has 120 valence electrons. The summed E-state index contributed by atoms with van der Waals surface area (Å²) in [4.78, 5) is 12.0. The Morgan fingerprint density at radius 1 is 1.09 bits per heavy atom. The molecule has 6 heteroatoms. The van der Waals surface area contributed by atoms with Crippen molar-refractivity contribution in [2.24, 2.45) is 0 Å². The predicted molar refractivity (Wildman–Crippen MR) is 84.8 cm³/mol. The van der Waals surface area contributed by atoms with Crippen molar-refractivity contribution >= 4 is 18.6 Å². The van der Waals surface area contributed by atoms with Gasteiger partial charge in [0.15, 0.2) is 0 Å².